The van der Waals surface area contributed by atoms with Gasteiger partial charge in [-0.05, 0) is 42.9 Å². The summed E-state index contributed by atoms with van der Waals surface area (Å²) in [6, 6.07) is 6.56. The van der Waals surface area contributed by atoms with Crippen LogP contribution in [0.1, 0.15) is 57.6 Å². The normalized spacial score (nSPS) is 26.2. The quantitative estimate of drug-likeness (QED) is 0.876. The molecule has 4 atom stereocenters. The van der Waals surface area contributed by atoms with Crippen LogP contribution in [0.2, 0.25) is 0 Å². The third kappa shape index (κ3) is 3.80. The molecule has 3 heteroatoms. The summed E-state index contributed by atoms with van der Waals surface area (Å²) in [6.45, 7) is 4.29. The maximum Gasteiger partial charge on any atom is 0.123 e. The molecule has 1 saturated carbocycles. The molecule has 4 unspecified atom stereocenters. The van der Waals surface area contributed by atoms with Crippen molar-refractivity contribution in [2.24, 2.45) is 11.7 Å². The van der Waals surface area contributed by atoms with E-state index in [0.717, 1.165) is 18.4 Å². The van der Waals surface area contributed by atoms with Crippen molar-refractivity contribution in [3.63, 3.8) is 0 Å². The summed E-state index contributed by atoms with van der Waals surface area (Å²) in [6.07, 6.45) is 5.65. The number of hydrogen-bond acceptors (Lipinski definition) is 2. The fraction of sp³-hybridized carbons (Fsp3) is 0.647. The van der Waals surface area contributed by atoms with Crippen LogP contribution in [0.5, 0.6) is 0 Å². The highest BCUT2D eigenvalue weighted by Gasteiger charge is 2.28. The Morgan fingerprint density at radius 2 is 2.10 bits per heavy atom. The largest absolute Gasteiger partial charge is 0.368 e. The minimum absolute atomic E-state index is 0.0917. The number of nitrogens with two attached hydrogens (primary N) is 1. The van der Waals surface area contributed by atoms with Crippen molar-refractivity contribution in [1.29, 1.82) is 0 Å². The Labute approximate surface area is 121 Å². The molecular weight excluding hydrogens is 253 g/mol. The lowest BCUT2D eigenvalue weighted by atomic mass is 9.87. The Bertz CT molecular complexity index is 423. The Kier molecular flexibility index (Phi) is 5.55. The number of hydrogen-bond donors (Lipinski definition) is 1. The highest BCUT2D eigenvalue weighted by atomic mass is 19.1. The zero-order valence-electron chi connectivity index (χ0n) is 12.5. The summed E-state index contributed by atoms with van der Waals surface area (Å²) < 4.78 is 19.8. The Balaban J connectivity index is 2.15. The molecule has 0 radical (unpaired) electrons. The van der Waals surface area contributed by atoms with Gasteiger partial charge in [0.25, 0.3) is 0 Å². The van der Waals surface area contributed by atoms with Gasteiger partial charge in [0.05, 0.1) is 12.2 Å². The number of ether oxygens (including phenoxy) is 1. The van der Waals surface area contributed by atoms with Crippen molar-refractivity contribution in [3.8, 4) is 0 Å². The van der Waals surface area contributed by atoms with Crippen molar-refractivity contribution in [2.75, 3.05) is 0 Å². The summed E-state index contributed by atoms with van der Waals surface area (Å²) in [7, 11) is 0. The van der Waals surface area contributed by atoms with Gasteiger partial charge in [-0.15, -0.1) is 0 Å². The molecule has 1 fully saturated rings. The minimum atomic E-state index is -0.226. The Morgan fingerprint density at radius 1 is 1.35 bits per heavy atom. The fourth-order valence-electron chi connectivity index (χ4n) is 3.00. The average Bonchev–Trinajstić information content (AvgIpc) is 2.45. The molecule has 0 heterocycles. The maximum atomic E-state index is 13.5. The van der Waals surface area contributed by atoms with Gasteiger partial charge in [0, 0.05) is 6.04 Å². The molecule has 1 aromatic rings. The first-order valence-corrected chi connectivity index (χ1v) is 7.78. The van der Waals surface area contributed by atoms with Crippen molar-refractivity contribution in [1.82, 2.24) is 0 Å². The van der Waals surface area contributed by atoms with Crippen molar-refractivity contribution < 1.29 is 9.13 Å². The molecule has 0 aliphatic heterocycles. The maximum absolute atomic E-state index is 13.5. The summed E-state index contributed by atoms with van der Waals surface area (Å²) >= 11 is 0. The molecule has 0 aromatic heterocycles. The van der Waals surface area contributed by atoms with E-state index in [1.54, 1.807) is 12.1 Å². The van der Waals surface area contributed by atoms with Gasteiger partial charge in [0.2, 0.25) is 0 Å². The van der Waals surface area contributed by atoms with Crippen molar-refractivity contribution >= 4 is 0 Å². The lowest BCUT2D eigenvalue weighted by Crippen LogP contribution is -2.35. The summed E-state index contributed by atoms with van der Waals surface area (Å²) in [5, 5.41) is 0. The molecule has 1 aliphatic carbocycles. The highest BCUT2D eigenvalue weighted by Crippen LogP contribution is 2.32. The number of benzene rings is 1. The van der Waals surface area contributed by atoms with Crippen LogP contribution >= 0.6 is 0 Å². The van der Waals surface area contributed by atoms with Crippen LogP contribution in [-0.4, -0.2) is 12.1 Å². The molecule has 0 saturated heterocycles. The van der Waals surface area contributed by atoms with Crippen LogP contribution < -0.4 is 5.73 Å². The first-order chi connectivity index (χ1) is 9.61. The molecule has 2 nitrogen and oxygen atoms in total. The van der Waals surface area contributed by atoms with E-state index in [0.29, 0.717) is 5.92 Å². The Hall–Kier alpha value is -0.930. The first kappa shape index (κ1) is 15.5. The van der Waals surface area contributed by atoms with Crippen molar-refractivity contribution in [2.45, 2.75) is 64.2 Å². The second kappa shape index (κ2) is 7.19. The Morgan fingerprint density at radius 3 is 2.75 bits per heavy atom. The lowest BCUT2D eigenvalue weighted by molar-refractivity contribution is -0.0678. The van der Waals surface area contributed by atoms with Gasteiger partial charge >= 0.3 is 0 Å². The molecular formula is C17H26FNO. The summed E-state index contributed by atoms with van der Waals surface area (Å²) in [5.41, 5.74) is 7.07. The second-order valence-electron chi connectivity index (χ2n) is 5.98. The predicted octanol–water partition coefficient (Wildman–Crippen LogP) is 4.20. The zero-order valence-corrected chi connectivity index (χ0v) is 12.5. The summed E-state index contributed by atoms with van der Waals surface area (Å²) in [5.74, 6) is 0.333. The molecule has 0 amide bonds. The van der Waals surface area contributed by atoms with Gasteiger partial charge < -0.3 is 10.5 Å². The molecule has 0 bridgehead atoms. The van der Waals surface area contributed by atoms with Gasteiger partial charge in [0.1, 0.15) is 5.82 Å². The van der Waals surface area contributed by atoms with E-state index in [4.69, 9.17) is 10.5 Å². The molecule has 0 spiro atoms. The van der Waals surface area contributed by atoms with Crippen LogP contribution in [0, 0.1) is 11.7 Å². The van der Waals surface area contributed by atoms with Crippen molar-refractivity contribution in [3.05, 3.63) is 35.6 Å². The number of halogens is 1. The molecule has 1 aromatic carbocycles. The second-order valence-corrected chi connectivity index (χ2v) is 5.98. The summed E-state index contributed by atoms with van der Waals surface area (Å²) in [4.78, 5) is 0. The third-order valence-corrected chi connectivity index (χ3v) is 4.39. The fourth-order valence-corrected chi connectivity index (χ4v) is 3.00. The van der Waals surface area contributed by atoms with E-state index < -0.39 is 0 Å². The highest BCUT2D eigenvalue weighted by molar-refractivity contribution is 5.20. The van der Waals surface area contributed by atoms with E-state index in [1.165, 1.54) is 25.3 Å². The smallest absolute Gasteiger partial charge is 0.123 e. The van der Waals surface area contributed by atoms with E-state index in [9.17, 15) is 4.39 Å². The van der Waals surface area contributed by atoms with Gasteiger partial charge in [-0.1, -0.05) is 38.8 Å². The third-order valence-electron chi connectivity index (χ3n) is 4.39. The molecule has 2 N–H and O–H groups in total. The van der Waals surface area contributed by atoms with E-state index in [1.807, 2.05) is 13.0 Å². The van der Waals surface area contributed by atoms with Gasteiger partial charge in [0.15, 0.2) is 0 Å². The molecule has 2 rings (SSSR count). The molecule has 112 valence electrons. The van der Waals surface area contributed by atoms with Gasteiger partial charge in [-0.2, -0.15) is 0 Å². The van der Waals surface area contributed by atoms with E-state index in [2.05, 4.69) is 6.92 Å². The van der Waals surface area contributed by atoms with Crippen LogP contribution in [0.3, 0.4) is 0 Å². The SMILES string of the molecule is CCC(N)C(OC1CCCCC1C)c1cccc(F)c1. The topological polar surface area (TPSA) is 35.2 Å². The van der Waals surface area contributed by atoms with Gasteiger partial charge in [-0.3, -0.25) is 0 Å². The lowest BCUT2D eigenvalue weighted by Gasteiger charge is -2.34. The zero-order chi connectivity index (χ0) is 14.5. The van der Waals surface area contributed by atoms with E-state index in [-0.39, 0.29) is 24.1 Å². The van der Waals surface area contributed by atoms with Gasteiger partial charge in [-0.25, -0.2) is 4.39 Å². The first-order valence-electron chi connectivity index (χ1n) is 7.78. The van der Waals surface area contributed by atoms with Crippen LogP contribution in [0.15, 0.2) is 24.3 Å². The van der Waals surface area contributed by atoms with E-state index >= 15 is 0 Å². The monoisotopic (exact) mass is 279 g/mol. The average molecular weight is 279 g/mol. The predicted molar refractivity (Wildman–Crippen MR) is 79.9 cm³/mol. The number of rotatable bonds is 5. The molecule has 20 heavy (non-hydrogen) atoms. The van der Waals surface area contributed by atoms with Crippen LogP contribution in [0.25, 0.3) is 0 Å². The standard InChI is InChI=1S/C17H26FNO/c1-3-15(19)17(13-8-6-9-14(18)11-13)20-16-10-5-4-7-12(16)2/h6,8-9,11-12,15-17H,3-5,7,10,19H2,1-2H3. The van der Waals surface area contributed by atoms with Crippen LogP contribution in [0.4, 0.5) is 4.39 Å². The van der Waals surface area contributed by atoms with Crippen LogP contribution in [-0.2, 0) is 4.74 Å². The minimum Gasteiger partial charge on any atom is -0.368 e. The molecule has 1 aliphatic rings.